The predicted octanol–water partition coefficient (Wildman–Crippen LogP) is 3.80. The maximum absolute atomic E-state index is 6.12. The number of nitrogens with one attached hydrogen (secondary N) is 1. The van der Waals surface area contributed by atoms with Gasteiger partial charge in [-0.1, -0.05) is 18.5 Å². The van der Waals surface area contributed by atoms with Crippen LogP contribution in [0.3, 0.4) is 0 Å². The van der Waals surface area contributed by atoms with Gasteiger partial charge in [0.1, 0.15) is 0 Å². The molecule has 18 heavy (non-hydrogen) atoms. The van der Waals surface area contributed by atoms with Crippen LogP contribution >= 0.6 is 11.6 Å². The van der Waals surface area contributed by atoms with Crippen molar-refractivity contribution in [3.63, 3.8) is 0 Å². The number of ether oxygens (including phenoxy) is 1. The summed E-state index contributed by atoms with van der Waals surface area (Å²) < 4.78 is 5.85. The predicted molar refractivity (Wildman–Crippen MR) is 75.3 cm³/mol. The first-order valence-electron chi connectivity index (χ1n) is 6.55. The van der Waals surface area contributed by atoms with Gasteiger partial charge in [-0.05, 0) is 44.7 Å². The zero-order valence-corrected chi connectivity index (χ0v) is 12.0. The number of anilines is 1. The average Bonchev–Trinajstić information content (AvgIpc) is 2.34. The zero-order chi connectivity index (χ0) is 13.2. The zero-order valence-electron chi connectivity index (χ0n) is 11.3. The Labute approximate surface area is 114 Å². The summed E-state index contributed by atoms with van der Waals surface area (Å²) in [4.78, 5) is 4.17. The maximum Gasteiger partial charge on any atom is 0.152 e. The molecule has 2 heterocycles. The normalized spacial score (nSPS) is 28.1. The molecule has 1 aromatic heterocycles. The fourth-order valence-electron chi connectivity index (χ4n) is 2.37. The average molecular weight is 269 g/mol. The molecule has 1 aliphatic rings. The summed E-state index contributed by atoms with van der Waals surface area (Å²) in [6.07, 6.45) is 4.84. The van der Waals surface area contributed by atoms with Crippen LogP contribution in [-0.4, -0.2) is 23.2 Å². The Morgan fingerprint density at radius 1 is 1.61 bits per heavy atom. The van der Waals surface area contributed by atoms with Crippen LogP contribution in [0.15, 0.2) is 12.3 Å². The molecule has 0 radical (unpaired) electrons. The van der Waals surface area contributed by atoms with E-state index in [2.05, 4.69) is 24.1 Å². The summed E-state index contributed by atoms with van der Waals surface area (Å²) in [6, 6.07) is 2.46. The fraction of sp³-hybridized carbons (Fsp3) is 0.643. The second-order valence-corrected chi connectivity index (χ2v) is 5.70. The summed E-state index contributed by atoms with van der Waals surface area (Å²) in [5, 5.41) is 4.05. The third kappa shape index (κ3) is 3.15. The van der Waals surface area contributed by atoms with Gasteiger partial charge in [0.2, 0.25) is 0 Å². The van der Waals surface area contributed by atoms with Gasteiger partial charge < -0.3 is 10.1 Å². The van der Waals surface area contributed by atoms with Gasteiger partial charge in [0.05, 0.1) is 11.3 Å². The van der Waals surface area contributed by atoms with Gasteiger partial charge >= 0.3 is 0 Å². The number of aryl methyl sites for hydroxylation is 1. The van der Waals surface area contributed by atoms with Gasteiger partial charge in [-0.3, -0.25) is 0 Å². The second kappa shape index (κ2) is 5.45. The highest BCUT2D eigenvalue weighted by Crippen LogP contribution is 2.31. The molecular formula is C14H21ClN2O. The largest absolute Gasteiger partial charge is 0.380 e. The molecule has 2 atom stereocenters. The molecule has 4 heteroatoms. The van der Waals surface area contributed by atoms with Crippen LogP contribution in [0.1, 0.15) is 38.7 Å². The summed E-state index contributed by atoms with van der Waals surface area (Å²) in [6.45, 7) is 7.17. The molecule has 1 aromatic rings. The van der Waals surface area contributed by atoms with E-state index in [9.17, 15) is 0 Å². The topological polar surface area (TPSA) is 34.2 Å². The van der Waals surface area contributed by atoms with Crippen molar-refractivity contribution in [2.45, 2.75) is 51.7 Å². The molecule has 0 spiro atoms. The van der Waals surface area contributed by atoms with Crippen LogP contribution in [-0.2, 0) is 4.74 Å². The van der Waals surface area contributed by atoms with E-state index >= 15 is 0 Å². The number of pyridine rings is 1. The van der Waals surface area contributed by atoms with Gasteiger partial charge in [-0.2, -0.15) is 0 Å². The smallest absolute Gasteiger partial charge is 0.152 e. The van der Waals surface area contributed by atoms with Crippen molar-refractivity contribution in [1.82, 2.24) is 4.98 Å². The van der Waals surface area contributed by atoms with Gasteiger partial charge in [0.15, 0.2) is 5.15 Å². The Balaban J connectivity index is 2.07. The Morgan fingerprint density at radius 3 is 3.11 bits per heavy atom. The van der Waals surface area contributed by atoms with Gasteiger partial charge in [0.25, 0.3) is 0 Å². The van der Waals surface area contributed by atoms with Crippen molar-refractivity contribution in [3.8, 4) is 0 Å². The highest BCUT2D eigenvalue weighted by molar-refractivity contribution is 6.31. The molecule has 3 nitrogen and oxygen atoms in total. The molecule has 0 aromatic carbocycles. The van der Waals surface area contributed by atoms with E-state index in [1.807, 2.05) is 13.0 Å². The van der Waals surface area contributed by atoms with Crippen LogP contribution in [0.5, 0.6) is 0 Å². The van der Waals surface area contributed by atoms with Gasteiger partial charge in [0, 0.05) is 18.8 Å². The Bertz CT molecular complexity index is 424. The highest BCUT2D eigenvalue weighted by atomic mass is 35.5. The van der Waals surface area contributed by atoms with Crippen LogP contribution in [0.4, 0.5) is 5.69 Å². The van der Waals surface area contributed by atoms with Gasteiger partial charge in [-0.25, -0.2) is 4.98 Å². The van der Waals surface area contributed by atoms with E-state index in [1.54, 1.807) is 6.20 Å². The van der Waals surface area contributed by atoms with Crippen LogP contribution in [0.2, 0.25) is 5.15 Å². The number of hydrogen-bond acceptors (Lipinski definition) is 3. The lowest BCUT2D eigenvalue weighted by molar-refractivity contribution is -0.0708. The van der Waals surface area contributed by atoms with Crippen molar-refractivity contribution in [1.29, 1.82) is 0 Å². The Kier molecular flexibility index (Phi) is 4.13. The van der Waals surface area contributed by atoms with Crippen LogP contribution in [0.25, 0.3) is 0 Å². The second-order valence-electron chi connectivity index (χ2n) is 5.34. The molecule has 1 aliphatic heterocycles. The molecule has 0 bridgehead atoms. The van der Waals surface area contributed by atoms with Crippen molar-refractivity contribution in [2.24, 2.45) is 0 Å². The van der Waals surface area contributed by atoms with E-state index in [4.69, 9.17) is 16.3 Å². The monoisotopic (exact) mass is 268 g/mol. The van der Waals surface area contributed by atoms with E-state index < -0.39 is 0 Å². The molecule has 1 saturated heterocycles. The summed E-state index contributed by atoms with van der Waals surface area (Å²) in [7, 11) is 0. The molecule has 0 aliphatic carbocycles. The quantitative estimate of drug-likeness (QED) is 0.847. The molecule has 1 N–H and O–H groups in total. The number of hydrogen-bond donors (Lipinski definition) is 1. The van der Waals surface area contributed by atoms with Crippen molar-refractivity contribution < 1.29 is 4.74 Å². The van der Waals surface area contributed by atoms with Crippen LogP contribution in [0, 0.1) is 6.92 Å². The minimum absolute atomic E-state index is 0.0142. The lowest BCUT2D eigenvalue weighted by Crippen LogP contribution is -2.41. The summed E-state index contributed by atoms with van der Waals surface area (Å²) in [5.41, 5.74) is 2.04. The SMILES string of the molecule is CCC1(C)CC(Nc2cc(C)cnc2Cl)CCO1. The minimum Gasteiger partial charge on any atom is -0.380 e. The lowest BCUT2D eigenvalue weighted by Gasteiger charge is -2.38. The third-order valence-electron chi connectivity index (χ3n) is 3.68. The number of halogens is 1. The first-order valence-corrected chi connectivity index (χ1v) is 6.93. The summed E-state index contributed by atoms with van der Waals surface area (Å²) in [5.74, 6) is 0. The maximum atomic E-state index is 6.12. The van der Waals surface area contributed by atoms with Gasteiger partial charge in [-0.15, -0.1) is 0 Å². The van der Waals surface area contributed by atoms with Crippen molar-refractivity contribution >= 4 is 17.3 Å². The van der Waals surface area contributed by atoms with Crippen molar-refractivity contribution in [2.75, 3.05) is 11.9 Å². The minimum atomic E-state index is -0.0142. The number of aromatic nitrogens is 1. The molecule has 100 valence electrons. The number of nitrogens with zero attached hydrogens (tertiary/aromatic N) is 1. The highest BCUT2D eigenvalue weighted by Gasteiger charge is 2.31. The molecule has 2 rings (SSSR count). The van der Waals surface area contributed by atoms with E-state index in [1.165, 1.54) is 0 Å². The van der Waals surface area contributed by atoms with E-state index in [-0.39, 0.29) is 5.60 Å². The van der Waals surface area contributed by atoms with E-state index in [0.29, 0.717) is 11.2 Å². The van der Waals surface area contributed by atoms with Crippen LogP contribution < -0.4 is 5.32 Å². The fourth-order valence-corrected chi connectivity index (χ4v) is 2.53. The molecule has 0 saturated carbocycles. The van der Waals surface area contributed by atoms with E-state index in [0.717, 1.165) is 37.1 Å². The molecule has 2 unspecified atom stereocenters. The number of rotatable bonds is 3. The first kappa shape index (κ1) is 13.6. The molecule has 1 fully saturated rings. The van der Waals surface area contributed by atoms with Crippen molar-refractivity contribution in [3.05, 3.63) is 23.0 Å². The summed E-state index contributed by atoms with van der Waals surface area (Å²) >= 11 is 6.12. The molecule has 0 amide bonds. The first-order chi connectivity index (χ1) is 8.52. The molecular weight excluding hydrogens is 248 g/mol. The Morgan fingerprint density at radius 2 is 2.39 bits per heavy atom. The standard InChI is InChI=1S/C14H21ClN2O/c1-4-14(3)8-11(5-6-18-14)17-12-7-10(2)9-16-13(12)15/h7,9,11,17H,4-6,8H2,1-3H3. The lowest BCUT2D eigenvalue weighted by atomic mass is 9.90. The Hall–Kier alpha value is -0.800. The third-order valence-corrected chi connectivity index (χ3v) is 3.98.